The van der Waals surface area contributed by atoms with Crippen LogP contribution < -0.4 is 16.0 Å². The first-order valence-corrected chi connectivity index (χ1v) is 9.72. The highest BCUT2D eigenvalue weighted by Gasteiger charge is 2.26. The van der Waals surface area contributed by atoms with E-state index in [1.807, 2.05) is 63.2 Å². The molecule has 1 aliphatic heterocycles. The van der Waals surface area contributed by atoms with Gasteiger partial charge in [-0.15, -0.1) is 0 Å². The van der Waals surface area contributed by atoms with Gasteiger partial charge in [-0.1, -0.05) is 30.3 Å². The summed E-state index contributed by atoms with van der Waals surface area (Å²) in [5, 5.41) is 8.79. The van der Waals surface area contributed by atoms with E-state index in [0.29, 0.717) is 6.54 Å². The van der Waals surface area contributed by atoms with Gasteiger partial charge in [0.1, 0.15) is 0 Å². The van der Waals surface area contributed by atoms with Gasteiger partial charge in [-0.25, -0.2) is 4.79 Å². The molecule has 0 aromatic heterocycles. The van der Waals surface area contributed by atoms with E-state index in [-0.39, 0.29) is 24.0 Å². The van der Waals surface area contributed by atoms with E-state index in [1.165, 1.54) is 0 Å². The molecule has 148 valence electrons. The molecule has 0 unspecified atom stereocenters. The molecule has 2 aromatic rings. The summed E-state index contributed by atoms with van der Waals surface area (Å²) in [6.45, 7) is 7.34. The number of rotatable bonds is 5. The van der Waals surface area contributed by atoms with Gasteiger partial charge < -0.3 is 16.0 Å². The van der Waals surface area contributed by atoms with Crippen LogP contribution in [-0.2, 0) is 17.8 Å². The molecule has 1 aliphatic rings. The summed E-state index contributed by atoms with van der Waals surface area (Å²) in [6, 6.07) is 15.0. The maximum atomic E-state index is 12.3. The Morgan fingerprint density at radius 2 is 1.71 bits per heavy atom. The smallest absolute Gasteiger partial charge is 0.323 e. The number of para-hydroxylation sites is 1. The summed E-state index contributed by atoms with van der Waals surface area (Å²) in [6.07, 6.45) is 0.788. The summed E-state index contributed by atoms with van der Waals surface area (Å²) < 4.78 is 0. The SMILES string of the molecule is CC(C)NC(=O)[C@H](C)N1CCc2c(cccc2NC(=O)Nc2ccccc2)C1. The second kappa shape index (κ2) is 8.89. The number of urea groups is 1. The largest absolute Gasteiger partial charge is 0.353 e. The monoisotopic (exact) mass is 380 g/mol. The third-order valence-corrected chi connectivity index (χ3v) is 4.93. The Bertz CT molecular complexity index is 836. The highest BCUT2D eigenvalue weighted by atomic mass is 16.2. The zero-order chi connectivity index (χ0) is 20.1. The molecular weight excluding hydrogens is 352 g/mol. The zero-order valence-electron chi connectivity index (χ0n) is 16.7. The lowest BCUT2D eigenvalue weighted by atomic mass is 9.96. The molecule has 0 aliphatic carbocycles. The predicted molar refractivity (Wildman–Crippen MR) is 112 cm³/mol. The Morgan fingerprint density at radius 3 is 2.43 bits per heavy atom. The van der Waals surface area contributed by atoms with Crippen molar-refractivity contribution in [2.75, 3.05) is 17.2 Å². The first-order chi connectivity index (χ1) is 13.4. The maximum Gasteiger partial charge on any atom is 0.323 e. The first-order valence-electron chi connectivity index (χ1n) is 9.72. The number of carbonyl (C=O) groups is 2. The topological polar surface area (TPSA) is 73.5 Å². The van der Waals surface area contributed by atoms with Crippen molar-refractivity contribution in [1.29, 1.82) is 0 Å². The van der Waals surface area contributed by atoms with Crippen molar-refractivity contribution in [2.45, 2.75) is 45.8 Å². The fourth-order valence-corrected chi connectivity index (χ4v) is 3.46. The van der Waals surface area contributed by atoms with Crippen molar-refractivity contribution in [3.63, 3.8) is 0 Å². The summed E-state index contributed by atoms with van der Waals surface area (Å²) in [7, 11) is 0. The van der Waals surface area contributed by atoms with Gasteiger partial charge in [0.15, 0.2) is 0 Å². The van der Waals surface area contributed by atoms with E-state index in [2.05, 4.69) is 26.9 Å². The Hall–Kier alpha value is -2.86. The molecule has 2 aromatic carbocycles. The number of anilines is 2. The quantitative estimate of drug-likeness (QED) is 0.742. The minimum absolute atomic E-state index is 0.0509. The molecule has 0 saturated heterocycles. The lowest BCUT2D eigenvalue weighted by Gasteiger charge is -2.34. The van der Waals surface area contributed by atoms with Gasteiger partial charge in [-0.05, 0) is 56.5 Å². The molecule has 1 heterocycles. The normalized spacial score (nSPS) is 14.9. The van der Waals surface area contributed by atoms with E-state index >= 15 is 0 Å². The van der Waals surface area contributed by atoms with Crippen LogP contribution in [0, 0.1) is 0 Å². The molecule has 0 saturated carbocycles. The van der Waals surface area contributed by atoms with Crippen LogP contribution in [-0.4, -0.2) is 35.5 Å². The van der Waals surface area contributed by atoms with Crippen molar-refractivity contribution in [3.05, 3.63) is 59.7 Å². The maximum absolute atomic E-state index is 12.3. The van der Waals surface area contributed by atoms with Crippen LogP contribution in [0.25, 0.3) is 0 Å². The van der Waals surface area contributed by atoms with Crippen LogP contribution in [0.3, 0.4) is 0 Å². The zero-order valence-corrected chi connectivity index (χ0v) is 16.7. The van der Waals surface area contributed by atoms with E-state index in [4.69, 9.17) is 0 Å². The minimum Gasteiger partial charge on any atom is -0.353 e. The van der Waals surface area contributed by atoms with Gasteiger partial charge in [-0.2, -0.15) is 0 Å². The number of benzene rings is 2. The fourth-order valence-electron chi connectivity index (χ4n) is 3.46. The molecule has 0 spiro atoms. The third kappa shape index (κ3) is 4.89. The molecule has 1 atom stereocenters. The molecular formula is C22H28N4O2. The van der Waals surface area contributed by atoms with Crippen LogP contribution in [0.1, 0.15) is 31.9 Å². The van der Waals surface area contributed by atoms with Crippen LogP contribution in [0.5, 0.6) is 0 Å². The van der Waals surface area contributed by atoms with Crippen molar-refractivity contribution in [1.82, 2.24) is 10.2 Å². The molecule has 3 N–H and O–H groups in total. The average molecular weight is 380 g/mol. The van der Waals surface area contributed by atoms with Crippen LogP contribution in [0.4, 0.5) is 16.2 Å². The number of nitrogens with zero attached hydrogens (tertiary/aromatic N) is 1. The average Bonchev–Trinajstić information content (AvgIpc) is 2.67. The second-order valence-electron chi connectivity index (χ2n) is 7.45. The molecule has 0 radical (unpaired) electrons. The molecule has 0 bridgehead atoms. The van der Waals surface area contributed by atoms with Gasteiger partial charge in [0, 0.05) is 30.5 Å². The lowest BCUT2D eigenvalue weighted by molar-refractivity contribution is -0.126. The van der Waals surface area contributed by atoms with Crippen molar-refractivity contribution >= 4 is 23.3 Å². The number of amides is 3. The van der Waals surface area contributed by atoms with E-state index in [0.717, 1.165) is 35.5 Å². The molecule has 0 fully saturated rings. The second-order valence-corrected chi connectivity index (χ2v) is 7.45. The highest BCUT2D eigenvalue weighted by molar-refractivity contribution is 6.00. The summed E-state index contributed by atoms with van der Waals surface area (Å²) in [5.41, 5.74) is 3.86. The van der Waals surface area contributed by atoms with Crippen LogP contribution in [0.2, 0.25) is 0 Å². The van der Waals surface area contributed by atoms with Crippen molar-refractivity contribution < 1.29 is 9.59 Å². The van der Waals surface area contributed by atoms with Gasteiger partial charge in [-0.3, -0.25) is 9.69 Å². The van der Waals surface area contributed by atoms with E-state index in [1.54, 1.807) is 0 Å². The third-order valence-electron chi connectivity index (χ3n) is 4.93. The molecule has 6 nitrogen and oxygen atoms in total. The lowest BCUT2D eigenvalue weighted by Crippen LogP contribution is -2.48. The molecule has 3 rings (SSSR count). The predicted octanol–water partition coefficient (Wildman–Crippen LogP) is 3.60. The highest BCUT2D eigenvalue weighted by Crippen LogP contribution is 2.27. The van der Waals surface area contributed by atoms with Crippen molar-refractivity contribution in [3.8, 4) is 0 Å². The molecule has 28 heavy (non-hydrogen) atoms. The number of nitrogens with one attached hydrogen (secondary N) is 3. The fraction of sp³-hybridized carbons (Fsp3) is 0.364. The number of fused-ring (bicyclic) bond motifs is 1. The van der Waals surface area contributed by atoms with Crippen LogP contribution in [0.15, 0.2) is 48.5 Å². The summed E-state index contributed by atoms with van der Waals surface area (Å²) in [5.74, 6) is 0.0509. The molecule has 6 heteroatoms. The van der Waals surface area contributed by atoms with Gasteiger partial charge in [0.2, 0.25) is 5.91 Å². The Morgan fingerprint density at radius 1 is 0.964 bits per heavy atom. The Labute approximate surface area is 166 Å². The number of hydrogen-bond donors (Lipinski definition) is 3. The Kier molecular flexibility index (Phi) is 6.31. The standard InChI is InChI=1S/C22H28N4O2/c1-15(2)23-21(27)16(3)26-13-12-19-17(14-26)8-7-11-20(19)25-22(28)24-18-9-5-4-6-10-18/h4-11,15-16H,12-14H2,1-3H3,(H,23,27)(H2,24,25,28)/t16-/m0/s1. The van der Waals surface area contributed by atoms with Gasteiger partial charge in [0.25, 0.3) is 0 Å². The van der Waals surface area contributed by atoms with Crippen molar-refractivity contribution in [2.24, 2.45) is 0 Å². The van der Waals surface area contributed by atoms with E-state index in [9.17, 15) is 9.59 Å². The van der Waals surface area contributed by atoms with Crippen LogP contribution >= 0.6 is 0 Å². The number of carbonyl (C=O) groups excluding carboxylic acids is 2. The summed E-state index contributed by atoms with van der Waals surface area (Å²) >= 11 is 0. The van der Waals surface area contributed by atoms with Gasteiger partial charge >= 0.3 is 6.03 Å². The number of hydrogen-bond acceptors (Lipinski definition) is 3. The summed E-state index contributed by atoms with van der Waals surface area (Å²) in [4.78, 5) is 26.9. The van der Waals surface area contributed by atoms with E-state index < -0.39 is 0 Å². The van der Waals surface area contributed by atoms with Gasteiger partial charge in [0.05, 0.1) is 6.04 Å². The molecule has 3 amide bonds. The minimum atomic E-state index is -0.258. The first kappa shape index (κ1) is 19.9. The Balaban J connectivity index is 1.67.